The molecular formula is C11H25N3O. The van der Waals surface area contributed by atoms with Crippen molar-refractivity contribution in [2.75, 3.05) is 33.7 Å². The Hall–Kier alpha value is -0.610. The van der Waals surface area contributed by atoms with Gasteiger partial charge in [-0.2, -0.15) is 0 Å². The first-order valence-electron chi connectivity index (χ1n) is 5.43. The second kappa shape index (κ2) is 6.08. The van der Waals surface area contributed by atoms with E-state index >= 15 is 0 Å². The third-order valence-electron chi connectivity index (χ3n) is 2.53. The smallest absolute Gasteiger partial charge is 0.226 e. The van der Waals surface area contributed by atoms with E-state index in [1.54, 1.807) is 4.90 Å². The van der Waals surface area contributed by atoms with Crippen LogP contribution in [0.3, 0.4) is 0 Å². The van der Waals surface area contributed by atoms with Crippen LogP contribution in [-0.4, -0.2) is 44.5 Å². The third-order valence-corrected chi connectivity index (χ3v) is 2.53. The molecule has 90 valence electrons. The lowest BCUT2D eigenvalue weighted by Gasteiger charge is -2.30. The van der Waals surface area contributed by atoms with Crippen LogP contribution in [0.25, 0.3) is 0 Å². The highest BCUT2D eigenvalue weighted by Crippen LogP contribution is 2.15. The van der Waals surface area contributed by atoms with Crippen LogP contribution in [0, 0.1) is 11.3 Å². The second-order valence-corrected chi connectivity index (χ2v) is 5.02. The summed E-state index contributed by atoms with van der Waals surface area (Å²) in [5.41, 5.74) is 5.63. The molecule has 1 unspecified atom stereocenters. The fourth-order valence-corrected chi connectivity index (χ4v) is 1.55. The maximum Gasteiger partial charge on any atom is 0.226 e. The standard InChI is InChI=1S/C11H25N3O/c1-9(6-13-4)10(15)14(5)8-11(2,3)7-12/h9,13H,6-8,12H2,1-5H3. The van der Waals surface area contributed by atoms with E-state index in [0.717, 1.165) is 0 Å². The SMILES string of the molecule is CNCC(C)C(=O)N(C)CC(C)(C)CN. The van der Waals surface area contributed by atoms with E-state index in [1.165, 1.54) is 0 Å². The van der Waals surface area contributed by atoms with Crippen LogP contribution >= 0.6 is 0 Å². The van der Waals surface area contributed by atoms with Crippen molar-refractivity contribution in [2.45, 2.75) is 20.8 Å². The summed E-state index contributed by atoms with van der Waals surface area (Å²) in [6.07, 6.45) is 0. The second-order valence-electron chi connectivity index (χ2n) is 5.02. The Kier molecular flexibility index (Phi) is 5.83. The maximum atomic E-state index is 11.9. The van der Waals surface area contributed by atoms with Crippen molar-refractivity contribution in [3.05, 3.63) is 0 Å². The van der Waals surface area contributed by atoms with Crippen molar-refractivity contribution in [3.63, 3.8) is 0 Å². The highest BCUT2D eigenvalue weighted by Gasteiger charge is 2.23. The fraction of sp³-hybridized carbons (Fsp3) is 0.909. The molecule has 3 N–H and O–H groups in total. The number of hydrogen-bond acceptors (Lipinski definition) is 3. The van der Waals surface area contributed by atoms with Crippen molar-refractivity contribution in [3.8, 4) is 0 Å². The molecule has 0 aromatic carbocycles. The number of carbonyl (C=O) groups is 1. The molecule has 0 aliphatic carbocycles. The molecule has 0 radical (unpaired) electrons. The minimum absolute atomic E-state index is 0.0101. The van der Waals surface area contributed by atoms with Crippen LogP contribution < -0.4 is 11.1 Å². The number of nitrogens with two attached hydrogens (primary N) is 1. The Morgan fingerprint density at radius 1 is 1.53 bits per heavy atom. The summed E-state index contributed by atoms with van der Waals surface area (Å²) in [4.78, 5) is 13.6. The van der Waals surface area contributed by atoms with E-state index in [9.17, 15) is 4.79 Å². The highest BCUT2D eigenvalue weighted by molar-refractivity contribution is 5.78. The predicted molar refractivity (Wildman–Crippen MR) is 63.6 cm³/mol. The average molecular weight is 215 g/mol. The molecule has 0 rings (SSSR count). The Morgan fingerprint density at radius 3 is 2.47 bits per heavy atom. The number of nitrogens with zero attached hydrogens (tertiary/aromatic N) is 1. The van der Waals surface area contributed by atoms with Gasteiger partial charge in [-0.3, -0.25) is 4.79 Å². The summed E-state index contributed by atoms with van der Waals surface area (Å²) in [5, 5.41) is 3.01. The summed E-state index contributed by atoms with van der Waals surface area (Å²) in [6, 6.07) is 0. The van der Waals surface area contributed by atoms with Crippen LogP contribution in [0.5, 0.6) is 0 Å². The summed E-state index contributed by atoms with van der Waals surface area (Å²) < 4.78 is 0. The Labute approximate surface area is 93.2 Å². The lowest BCUT2D eigenvalue weighted by molar-refractivity contribution is -0.134. The number of amides is 1. The topological polar surface area (TPSA) is 58.4 Å². The van der Waals surface area contributed by atoms with Gasteiger partial charge < -0.3 is 16.0 Å². The minimum Gasteiger partial charge on any atom is -0.345 e. The fourth-order valence-electron chi connectivity index (χ4n) is 1.55. The van der Waals surface area contributed by atoms with Crippen LogP contribution in [-0.2, 0) is 4.79 Å². The molecule has 0 fully saturated rings. The molecule has 1 amide bonds. The molecule has 4 heteroatoms. The van der Waals surface area contributed by atoms with E-state index in [0.29, 0.717) is 19.6 Å². The third kappa shape index (κ3) is 5.14. The lowest BCUT2D eigenvalue weighted by atomic mass is 9.93. The number of nitrogens with one attached hydrogen (secondary N) is 1. The van der Waals surface area contributed by atoms with Gasteiger partial charge in [-0.25, -0.2) is 0 Å². The Morgan fingerprint density at radius 2 is 2.07 bits per heavy atom. The van der Waals surface area contributed by atoms with Gasteiger partial charge in [0.25, 0.3) is 0 Å². The van der Waals surface area contributed by atoms with Crippen molar-refractivity contribution in [1.29, 1.82) is 0 Å². The maximum absolute atomic E-state index is 11.9. The van der Waals surface area contributed by atoms with Gasteiger partial charge in [0, 0.05) is 26.1 Å². The normalized spacial score (nSPS) is 13.7. The van der Waals surface area contributed by atoms with E-state index < -0.39 is 0 Å². The molecule has 0 heterocycles. The number of hydrogen-bond donors (Lipinski definition) is 2. The predicted octanol–water partition coefficient (Wildman–Crippen LogP) is 0.285. The van der Waals surface area contributed by atoms with Gasteiger partial charge in [0.2, 0.25) is 5.91 Å². The van der Waals surface area contributed by atoms with Crippen molar-refractivity contribution >= 4 is 5.91 Å². The molecule has 0 aliphatic heterocycles. The molecule has 0 saturated heterocycles. The Bertz CT molecular complexity index is 204. The number of rotatable bonds is 6. The van der Waals surface area contributed by atoms with E-state index in [2.05, 4.69) is 19.2 Å². The van der Waals surface area contributed by atoms with Gasteiger partial charge in [-0.15, -0.1) is 0 Å². The monoisotopic (exact) mass is 215 g/mol. The molecule has 0 bridgehead atoms. The zero-order chi connectivity index (χ0) is 12.1. The molecule has 0 aromatic heterocycles. The van der Waals surface area contributed by atoms with Crippen molar-refractivity contribution in [1.82, 2.24) is 10.2 Å². The van der Waals surface area contributed by atoms with Gasteiger partial charge in [0.05, 0.1) is 0 Å². The van der Waals surface area contributed by atoms with Gasteiger partial charge in [-0.1, -0.05) is 20.8 Å². The highest BCUT2D eigenvalue weighted by atomic mass is 16.2. The lowest BCUT2D eigenvalue weighted by Crippen LogP contribution is -2.43. The largest absolute Gasteiger partial charge is 0.345 e. The van der Waals surface area contributed by atoms with Crippen molar-refractivity contribution in [2.24, 2.45) is 17.1 Å². The molecule has 0 saturated carbocycles. The van der Waals surface area contributed by atoms with Gasteiger partial charge in [0.15, 0.2) is 0 Å². The molecular weight excluding hydrogens is 190 g/mol. The molecule has 4 nitrogen and oxygen atoms in total. The van der Waals surface area contributed by atoms with Crippen LogP contribution in [0.4, 0.5) is 0 Å². The van der Waals surface area contributed by atoms with E-state index in [1.807, 2.05) is 21.0 Å². The summed E-state index contributed by atoms with van der Waals surface area (Å²) in [6.45, 7) is 8.08. The van der Waals surface area contributed by atoms with Crippen LogP contribution in [0.2, 0.25) is 0 Å². The number of carbonyl (C=O) groups excluding carboxylic acids is 1. The van der Waals surface area contributed by atoms with Crippen molar-refractivity contribution < 1.29 is 4.79 Å². The Balaban J connectivity index is 4.21. The van der Waals surface area contributed by atoms with Crippen LogP contribution in [0.1, 0.15) is 20.8 Å². The molecule has 1 atom stereocenters. The van der Waals surface area contributed by atoms with Gasteiger partial charge in [-0.05, 0) is 19.0 Å². The summed E-state index contributed by atoms with van der Waals surface area (Å²) >= 11 is 0. The first-order valence-corrected chi connectivity index (χ1v) is 5.43. The van der Waals surface area contributed by atoms with Gasteiger partial charge >= 0.3 is 0 Å². The van der Waals surface area contributed by atoms with E-state index in [4.69, 9.17) is 5.73 Å². The summed E-state index contributed by atoms with van der Waals surface area (Å²) in [5.74, 6) is 0.194. The van der Waals surface area contributed by atoms with Crippen LogP contribution in [0.15, 0.2) is 0 Å². The quantitative estimate of drug-likeness (QED) is 0.669. The zero-order valence-corrected chi connectivity index (χ0v) is 10.6. The molecule has 0 aliphatic rings. The van der Waals surface area contributed by atoms with Gasteiger partial charge in [0.1, 0.15) is 0 Å². The van der Waals surface area contributed by atoms with E-state index in [-0.39, 0.29) is 17.2 Å². The first-order chi connectivity index (χ1) is 6.84. The average Bonchev–Trinajstić information content (AvgIpc) is 2.16. The molecule has 15 heavy (non-hydrogen) atoms. The molecule has 0 aromatic rings. The molecule has 0 spiro atoms. The zero-order valence-electron chi connectivity index (χ0n) is 10.6. The first kappa shape index (κ1) is 14.4. The minimum atomic E-state index is -0.0101. The summed E-state index contributed by atoms with van der Waals surface area (Å²) in [7, 11) is 3.69.